The van der Waals surface area contributed by atoms with Crippen LogP contribution in [0.25, 0.3) is 0 Å². The van der Waals surface area contributed by atoms with Crippen LogP contribution in [0.3, 0.4) is 0 Å². The smallest absolute Gasteiger partial charge is 0.414 e. The van der Waals surface area contributed by atoms with Gasteiger partial charge < -0.3 is 30.1 Å². The predicted octanol–water partition coefficient (Wildman–Crippen LogP) is -0.913. The number of nitrogens with one attached hydrogen (secondary N) is 2. The summed E-state index contributed by atoms with van der Waals surface area (Å²) in [6.07, 6.45) is -6.84. The topological polar surface area (TPSA) is 180 Å². The lowest BCUT2D eigenvalue weighted by molar-refractivity contribution is -0.384. The molecule has 1 aliphatic heterocycles. The summed E-state index contributed by atoms with van der Waals surface area (Å²) in [5.74, 6) is -0.568. The van der Waals surface area contributed by atoms with E-state index in [2.05, 4.69) is 10.6 Å². The Morgan fingerprint density at radius 2 is 1.89 bits per heavy atom. The van der Waals surface area contributed by atoms with Gasteiger partial charge >= 0.3 is 6.09 Å². The zero-order valence-corrected chi connectivity index (χ0v) is 14.1. The number of carbonyl (C=O) groups excluding carboxylic acids is 2. The first kappa shape index (κ1) is 20.5. The summed E-state index contributed by atoms with van der Waals surface area (Å²) in [7, 11) is 0. The monoisotopic (exact) mass is 385 g/mol. The van der Waals surface area contributed by atoms with Crippen molar-refractivity contribution in [3.63, 3.8) is 0 Å². The van der Waals surface area contributed by atoms with Crippen LogP contribution in [0.1, 0.15) is 6.92 Å². The maximum atomic E-state index is 12.0. The van der Waals surface area contributed by atoms with E-state index in [1.165, 1.54) is 24.3 Å². The summed E-state index contributed by atoms with van der Waals surface area (Å²) >= 11 is 0. The van der Waals surface area contributed by atoms with Gasteiger partial charge in [-0.05, 0) is 12.1 Å². The van der Waals surface area contributed by atoms with Crippen molar-refractivity contribution in [2.45, 2.75) is 37.6 Å². The van der Waals surface area contributed by atoms with E-state index in [9.17, 15) is 35.0 Å². The van der Waals surface area contributed by atoms with Crippen LogP contribution in [0.15, 0.2) is 24.3 Å². The van der Waals surface area contributed by atoms with Gasteiger partial charge in [0, 0.05) is 24.7 Å². The number of hydrogen-bond donors (Lipinski definition) is 5. The Morgan fingerprint density at radius 1 is 1.26 bits per heavy atom. The fourth-order valence-electron chi connectivity index (χ4n) is 2.49. The SMILES string of the molecule is CC(=O)N[C@H]1[C@H](OC(=O)Nc2ccc([N+](=O)[O-])cc2)O[C@H](CO)[C@@H](O)[C@@H]1O. The second-order valence-corrected chi connectivity index (χ2v) is 5.77. The van der Waals surface area contributed by atoms with Gasteiger partial charge in [0.05, 0.1) is 11.5 Å². The predicted molar refractivity (Wildman–Crippen MR) is 88.6 cm³/mol. The number of non-ortho nitro benzene ring substituents is 1. The minimum absolute atomic E-state index is 0.168. The summed E-state index contributed by atoms with van der Waals surface area (Å²) in [5.41, 5.74) is 0.0231. The van der Waals surface area contributed by atoms with E-state index in [1.54, 1.807) is 0 Å². The number of nitro groups is 1. The third-order valence-corrected chi connectivity index (χ3v) is 3.80. The fourth-order valence-corrected chi connectivity index (χ4v) is 2.49. The number of amides is 2. The standard InChI is InChI=1S/C15H19N3O9/c1-7(20)16-11-13(22)12(21)10(6-19)26-14(11)27-15(23)17-8-2-4-9(5-3-8)18(24)25/h2-5,10-14,19,21-22H,6H2,1H3,(H,16,20)(H,17,23)/t10-,11-,12-,13-,14+/m1/s1. The van der Waals surface area contributed by atoms with E-state index >= 15 is 0 Å². The van der Waals surface area contributed by atoms with Gasteiger partial charge in [0.25, 0.3) is 5.69 Å². The molecule has 1 saturated heterocycles. The van der Waals surface area contributed by atoms with Crippen LogP contribution in [0.5, 0.6) is 0 Å². The zero-order valence-electron chi connectivity index (χ0n) is 14.1. The number of hydrogen-bond acceptors (Lipinski definition) is 9. The van der Waals surface area contributed by atoms with Crippen molar-refractivity contribution in [3.8, 4) is 0 Å². The molecular formula is C15H19N3O9. The summed E-state index contributed by atoms with van der Waals surface area (Å²) in [5, 5.41) is 44.4. The summed E-state index contributed by atoms with van der Waals surface area (Å²) in [4.78, 5) is 33.4. The Balaban J connectivity index is 2.07. The summed E-state index contributed by atoms with van der Waals surface area (Å²) in [6.45, 7) is 0.500. The van der Waals surface area contributed by atoms with E-state index in [-0.39, 0.29) is 11.4 Å². The van der Waals surface area contributed by atoms with Crippen LogP contribution in [-0.4, -0.2) is 69.5 Å². The minimum atomic E-state index is -1.56. The van der Waals surface area contributed by atoms with E-state index < -0.39 is 54.2 Å². The minimum Gasteiger partial charge on any atom is -0.417 e. The number of aliphatic hydroxyl groups is 3. The molecule has 12 nitrogen and oxygen atoms in total. The fraction of sp³-hybridized carbons (Fsp3) is 0.467. The highest BCUT2D eigenvalue weighted by Crippen LogP contribution is 2.23. The van der Waals surface area contributed by atoms with Crippen molar-refractivity contribution >= 4 is 23.4 Å². The van der Waals surface area contributed by atoms with Crippen molar-refractivity contribution in [3.05, 3.63) is 34.4 Å². The second-order valence-electron chi connectivity index (χ2n) is 5.77. The number of rotatable bonds is 5. The van der Waals surface area contributed by atoms with Crippen molar-refractivity contribution in [2.24, 2.45) is 0 Å². The highest BCUT2D eigenvalue weighted by atomic mass is 16.7. The molecule has 27 heavy (non-hydrogen) atoms. The highest BCUT2D eigenvalue weighted by Gasteiger charge is 2.46. The summed E-state index contributed by atoms with van der Waals surface area (Å²) in [6, 6.07) is 3.63. The molecule has 5 N–H and O–H groups in total. The van der Waals surface area contributed by atoms with Gasteiger partial charge in [-0.15, -0.1) is 0 Å². The molecule has 0 unspecified atom stereocenters. The molecule has 5 atom stereocenters. The first-order valence-corrected chi connectivity index (χ1v) is 7.84. The molecule has 0 bridgehead atoms. The molecule has 1 fully saturated rings. The van der Waals surface area contributed by atoms with Crippen LogP contribution >= 0.6 is 0 Å². The molecule has 0 spiro atoms. The average molecular weight is 385 g/mol. The van der Waals surface area contributed by atoms with Gasteiger partial charge in [0.2, 0.25) is 12.2 Å². The largest absolute Gasteiger partial charge is 0.417 e. The summed E-state index contributed by atoms with van der Waals surface area (Å²) < 4.78 is 10.3. The lowest BCUT2D eigenvalue weighted by Gasteiger charge is -2.41. The van der Waals surface area contributed by atoms with E-state index in [0.29, 0.717) is 0 Å². The molecule has 2 rings (SSSR count). The number of nitro benzene ring substituents is 1. The van der Waals surface area contributed by atoms with Gasteiger partial charge in [-0.2, -0.15) is 0 Å². The normalized spacial score (nSPS) is 27.5. The number of anilines is 1. The third kappa shape index (κ3) is 5.10. The Hall–Kier alpha value is -2.80. The number of benzene rings is 1. The van der Waals surface area contributed by atoms with Gasteiger partial charge in [-0.3, -0.25) is 20.2 Å². The third-order valence-electron chi connectivity index (χ3n) is 3.80. The van der Waals surface area contributed by atoms with E-state index in [1.807, 2.05) is 0 Å². The van der Waals surface area contributed by atoms with Crippen LogP contribution in [0.2, 0.25) is 0 Å². The number of nitrogens with zero attached hydrogens (tertiary/aromatic N) is 1. The van der Waals surface area contributed by atoms with E-state index in [0.717, 1.165) is 6.92 Å². The molecule has 1 aliphatic rings. The Labute approximate surface area is 152 Å². The lowest BCUT2D eigenvalue weighted by atomic mass is 9.97. The van der Waals surface area contributed by atoms with E-state index in [4.69, 9.17) is 9.47 Å². The molecular weight excluding hydrogens is 366 g/mol. The van der Waals surface area contributed by atoms with Crippen molar-refractivity contribution < 1.29 is 39.3 Å². The molecule has 1 aromatic rings. The van der Waals surface area contributed by atoms with Crippen LogP contribution in [0.4, 0.5) is 16.2 Å². The number of carbonyl (C=O) groups is 2. The highest BCUT2D eigenvalue weighted by molar-refractivity contribution is 5.84. The Kier molecular flexibility index (Phi) is 6.63. The molecule has 148 valence electrons. The van der Waals surface area contributed by atoms with Gasteiger partial charge in [-0.25, -0.2) is 4.79 Å². The zero-order chi connectivity index (χ0) is 20.1. The number of ether oxygens (including phenoxy) is 2. The molecule has 2 amide bonds. The maximum absolute atomic E-state index is 12.0. The average Bonchev–Trinajstić information content (AvgIpc) is 2.61. The van der Waals surface area contributed by atoms with Crippen molar-refractivity contribution in [1.82, 2.24) is 5.32 Å². The quantitative estimate of drug-likeness (QED) is 0.316. The van der Waals surface area contributed by atoms with Crippen molar-refractivity contribution in [1.29, 1.82) is 0 Å². The Bertz CT molecular complexity index is 696. The molecule has 12 heteroatoms. The van der Waals surface area contributed by atoms with Gasteiger partial charge in [0.15, 0.2) is 0 Å². The van der Waals surface area contributed by atoms with Crippen molar-refractivity contribution in [2.75, 3.05) is 11.9 Å². The maximum Gasteiger partial charge on any atom is 0.414 e. The first-order valence-electron chi connectivity index (χ1n) is 7.84. The molecule has 0 saturated carbocycles. The van der Waals surface area contributed by atoms with Crippen LogP contribution < -0.4 is 10.6 Å². The molecule has 1 aromatic carbocycles. The second kappa shape index (κ2) is 8.73. The molecule has 0 aliphatic carbocycles. The van der Waals surface area contributed by atoms with Crippen LogP contribution in [-0.2, 0) is 14.3 Å². The van der Waals surface area contributed by atoms with Gasteiger partial charge in [0.1, 0.15) is 24.4 Å². The number of aliphatic hydroxyl groups excluding tert-OH is 3. The molecule has 0 radical (unpaired) electrons. The lowest BCUT2D eigenvalue weighted by Crippen LogP contribution is -2.65. The Morgan fingerprint density at radius 3 is 2.41 bits per heavy atom. The first-order chi connectivity index (χ1) is 12.7. The van der Waals surface area contributed by atoms with Gasteiger partial charge in [-0.1, -0.05) is 0 Å². The van der Waals surface area contributed by atoms with Crippen LogP contribution in [0, 0.1) is 10.1 Å². The molecule has 1 heterocycles. The molecule has 0 aromatic heterocycles.